The molecule has 1 fully saturated rings. The molecule has 138 valence electrons. The molecule has 0 radical (unpaired) electrons. The van der Waals surface area contributed by atoms with Crippen molar-refractivity contribution in [3.05, 3.63) is 28.8 Å². The zero-order valence-corrected chi connectivity index (χ0v) is 15.4. The molecule has 1 atom stereocenters. The first-order chi connectivity index (χ1) is 11.9. The van der Waals surface area contributed by atoms with Gasteiger partial charge in [0.25, 0.3) is 5.91 Å². The number of nitrogens with two attached hydrogens (primary N) is 1. The molecule has 6 nitrogen and oxygen atoms in total. The lowest BCUT2D eigenvalue weighted by Crippen LogP contribution is -2.44. The molecule has 1 saturated heterocycles. The molecular formula is C18H26ClN3O3. The molecule has 0 bridgehead atoms. The maximum Gasteiger partial charge on any atom is 0.252 e. The molecule has 0 spiro atoms. The van der Waals surface area contributed by atoms with E-state index in [9.17, 15) is 9.59 Å². The summed E-state index contributed by atoms with van der Waals surface area (Å²) in [5.41, 5.74) is 6.97. The number of hydrogen-bond acceptors (Lipinski definition) is 4. The number of halogens is 1. The Hall–Kier alpha value is -1.63. The fraction of sp³-hybridized carbons (Fsp3) is 0.556. The maximum atomic E-state index is 12.3. The lowest BCUT2D eigenvalue weighted by Gasteiger charge is -2.26. The lowest BCUT2D eigenvalue weighted by atomic mass is 9.92. The van der Waals surface area contributed by atoms with Crippen molar-refractivity contribution >= 4 is 29.1 Å². The van der Waals surface area contributed by atoms with Gasteiger partial charge >= 0.3 is 0 Å². The van der Waals surface area contributed by atoms with Crippen molar-refractivity contribution in [3.8, 4) is 0 Å². The minimum Gasteiger partial charge on any atom is -0.381 e. The molecule has 1 aromatic carbocycles. The predicted octanol–water partition coefficient (Wildman–Crippen LogP) is 2.42. The van der Waals surface area contributed by atoms with Crippen molar-refractivity contribution in [2.24, 2.45) is 17.6 Å². The number of benzene rings is 1. The molecule has 4 N–H and O–H groups in total. The van der Waals surface area contributed by atoms with E-state index in [1.54, 1.807) is 18.2 Å². The van der Waals surface area contributed by atoms with E-state index in [0.29, 0.717) is 41.9 Å². The summed E-state index contributed by atoms with van der Waals surface area (Å²) in [6.45, 7) is 5.88. The second-order valence-corrected chi connectivity index (χ2v) is 7.17. The van der Waals surface area contributed by atoms with Crippen molar-refractivity contribution in [3.63, 3.8) is 0 Å². The van der Waals surface area contributed by atoms with Crippen LogP contribution in [-0.2, 0) is 9.53 Å². The summed E-state index contributed by atoms with van der Waals surface area (Å²) >= 11 is 6.19. The molecule has 2 amide bonds. The molecule has 25 heavy (non-hydrogen) atoms. The Kier molecular flexibility index (Phi) is 7.23. The summed E-state index contributed by atoms with van der Waals surface area (Å²) in [6.07, 6.45) is 1.56. The van der Waals surface area contributed by atoms with E-state index in [1.165, 1.54) is 0 Å². The van der Waals surface area contributed by atoms with Gasteiger partial charge in [-0.05, 0) is 42.9 Å². The second kappa shape index (κ2) is 9.17. The fourth-order valence-corrected chi connectivity index (χ4v) is 2.95. The minimum absolute atomic E-state index is 0.116. The van der Waals surface area contributed by atoms with Crippen molar-refractivity contribution in [2.45, 2.75) is 32.7 Å². The predicted molar refractivity (Wildman–Crippen MR) is 98.8 cm³/mol. The smallest absolute Gasteiger partial charge is 0.252 e. The van der Waals surface area contributed by atoms with Crippen LogP contribution >= 0.6 is 11.6 Å². The zero-order valence-electron chi connectivity index (χ0n) is 14.7. The highest BCUT2D eigenvalue weighted by atomic mass is 35.5. The molecule has 0 aromatic heterocycles. The van der Waals surface area contributed by atoms with Crippen LogP contribution in [0.2, 0.25) is 5.02 Å². The number of hydrogen-bond donors (Lipinski definition) is 3. The Morgan fingerprint density at radius 3 is 2.60 bits per heavy atom. The molecular weight excluding hydrogens is 342 g/mol. The summed E-state index contributed by atoms with van der Waals surface area (Å²) < 4.78 is 5.29. The van der Waals surface area contributed by atoms with Gasteiger partial charge in [0, 0.05) is 25.4 Å². The summed E-state index contributed by atoms with van der Waals surface area (Å²) in [4.78, 5) is 24.4. The Labute approximate surface area is 153 Å². The van der Waals surface area contributed by atoms with Gasteiger partial charge in [0.05, 0.1) is 16.6 Å². The fourth-order valence-electron chi connectivity index (χ4n) is 2.68. The van der Waals surface area contributed by atoms with Crippen LogP contribution in [0.25, 0.3) is 0 Å². The molecule has 7 heteroatoms. The number of carbonyl (C=O) groups excluding carboxylic acids is 2. The van der Waals surface area contributed by atoms with Crippen LogP contribution in [0, 0.1) is 11.8 Å². The molecule has 1 aliphatic rings. The average molecular weight is 368 g/mol. The standard InChI is InChI=1S/C18H26ClN3O3/c1-11(2)10-21-17(23)14-4-3-13(9-15(14)19)22-18(24)16(20)12-5-7-25-8-6-12/h3-4,9,11-12,16H,5-8,10,20H2,1-2H3,(H,21,23)(H,22,24). The molecule has 1 heterocycles. The third-order valence-electron chi connectivity index (χ3n) is 4.23. The van der Waals surface area contributed by atoms with Crippen LogP contribution < -0.4 is 16.4 Å². The minimum atomic E-state index is -0.586. The summed E-state index contributed by atoms with van der Waals surface area (Å²) in [5, 5.41) is 5.88. The Morgan fingerprint density at radius 1 is 1.32 bits per heavy atom. The zero-order chi connectivity index (χ0) is 18.4. The van der Waals surface area contributed by atoms with E-state index in [1.807, 2.05) is 13.8 Å². The second-order valence-electron chi connectivity index (χ2n) is 6.76. The number of nitrogens with one attached hydrogen (secondary N) is 2. The van der Waals surface area contributed by atoms with E-state index < -0.39 is 6.04 Å². The summed E-state index contributed by atoms with van der Waals surface area (Å²) in [5.74, 6) is -0.00581. The maximum absolute atomic E-state index is 12.3. The first-order valence-electron chi connectivity index (χ1n) is 8.60. The highest BCUT2D eigenvalue weighted by molar-refractivity contribution is 6.34. The summed E-state index contributed by atoms with van der Waals surface area (Å²) in [7, 11) is 0. The van der Waals surface area contributed by atoms with E-state index in [2.05, 4.69) is 10.6 Å². The van der Waals surface area contributed by atoms with Crippen LogP contribution in [0.3, 0.4) is 0 Å². The van der Waals surface area contributed by atoms with Crippen molar-refractivity contribution in [1.82, 2.24) is 5.32 Å². The molecule has 1 aromatic rings. The van der Waals surface area contributed by atoms with Crippen molar-refractivity contribution in [1.29, 1.82) is 0 Å². The van der Waals surface area contributed by atoms with Crippen LogP contribution in [0.5, 0.6) is 0 Å². The molecule has 1 unspecified atom stereocenters. The third-order valence-corrected chi connectivity index (χ3v) is 4.54. The molecule has 1 aliphatic heterocycles. The van der Waals surface area contributed by atoms with E-state index in [-0.39, 0.29) is 17.7 Å². The Bertz CT molecular complexity index is 616. The first kappa shape index (κ1) is 19.7. The van der Waals surface area contributed by atoms with Crippen LogP contribution in [0.1, 0.15) is 37.0 Å². The Balaban J connectivity index is 1.97. The molecule has 2 rings (SSSR count). The van der Waals surface area contributed by atoms with Crippen LogP contribution in [0.15, 0.2) is 18.2 Å². The molecule has 0 aliphatic carbocycles. The van der Waals surface area contributed by atoms with E-state index in [4.69, 9.17) is 22.1 Å². The van der Waals surface area contributed by atoms with Gasteiger partial charge in [-0.15, -0.1) is 0 Å². The SMILES string of the molecule is CC(C)CNC(=O)c1ccc(NC(=O)C(N)C2CCOCC2)cc1Cl. The third kappa shape index (κ3) is 5.70. The topological polar surface area (TPSA) is 93.5 Å². The van der Waals surface area contributed by atoms with Gasteiger partial charge < -0.3 is 21.1 Å². The molecule has 0 saturated carbocycles. The number of rotatable bonds is 6. The van der Waals surface area contributed by atoms with Gasteiger partial charge in [0.2, 0.25) is 5.91 Å². The largest absolute Gasteiger partial charge is 0.381 e. The van der Waals surface area contributed by atoms with Gasteiger partial charge in [-0.3, -0.25) is 9.59 Å². The van der Waals surface area contributed by atoms with Crippen molar-refractivity contribution < 1.29 is 14.3 Å². The first-order valence-corrected chi connectivity index (χ1v) is 8.98. The van der Waals surface area contributed by atoms with Crippen LogP contribution in [0.4, 0.5) is 5.69 Å². The summed E-state index contributed by atoms with van der Waals surface area (Å²) in [6, 6.07) is 4.25. The normalized spacial score (nSPS) is 16.5. The van der Waals surface area contributed by atoms with Gasteiger partial charge in [0.1, 0.15) is 0 Å². The highest BCUT2D eigenvalue weighted by Crippen LogP contribution is 2.23. The highest BCUT2D eigenvalue weighted by Gasteiger charge is 2.26. The van der Waals surface area contributed by atoms with Gasteiger partial charge in [-0.1, -0.05) is 25.4 Å². The quantitative estimate of drug-likeness (QED) is 0.719. The number of carbonyl (C=O) groups is 2. The lowest BCUT2D eigenvalue weighted by molar-refractivity contribution is -0.119. The monoisotopic (exact) mass is 367 g/mol. The average Bonchev–Trinajstić information content (AvgIpc) is 2.59. The number of ether oxygens (including phenoxy) is 1. The number of amides is 2. The Morgan fingerprint density at radius 2 is 2.00 bits per heavy atom. The number of anilines is 1. The van der Waals surface area contributed by atoms with Crippen molar-refractivity contribution in [2.75, 3.05) is 25.1 Å². The van der Waals surface area contributed by atoms with E-state index in [0.717, 1.165) is 12.8 Å². The van der Waals surface area contributed by atoms with Gasteiger partial charge in [0.15, 0.2) is 0 Å². The van der Waals surface area contributed by atoms with Crippen LogP contribution in [-0.4, -0.2) is 37.6 Å². The van der Waals surface area contributed by atoms with Gasteiger partial charge in [-0.2, -0.15) is 0 Å². The van der Waals surface area contributed by atoms with E-state index >= 15 is 0 Å². The van der Waals surface area contributed by atoms with Gasteiger partial charge in [-0.25, -0.2) is 0 Å².